The summed E-state index contributed by atoms with van der Waals surface area (Å²) in [7, 11) is 0. The zero-order chi connectivity index (χ0) is 17.5. The number of benzene rings is 1. The van der Waals surface area contributed by atoms with Crippen molar-refractivity contribution < 1.29 is 9.47 Å². The Balaban J connectivity index is 1.36. The van der Waals surface area contributed by atoms with E-state index in [0.29, 0.717) is 6.79 Å². The Bertz CT molecular complexity index is 1100. The molecular weight excluding hydrogens is 346 g/mol. The van der Waals surface area contributed by atoms with E-state index in [0.717, 1.165) is 52.1 Å². The van der Waals surface area contributed by atoms with Gasteiger partial charge < -0.3 is 13.9 Å². The summed E-state index contributed by atoms with van der Waals surface area (Å²) in [5, 5.41) is 3.22. The van der Waals surface area contributed by atoms with Crippen molar-refractivity contribution in [1.82, 2.24) is 14.4 Å². The SMILES string of the molecule is Cc1c(-c2csc(CCc3ccc4c(c3)OCO4)n2)nc2ccccn12. The summed E-state index contributed by atoms with van der Waals surface area (Å²) >= 11 is 1.69. The second-order valence-electron chi connectivity index (χ2n) is 6.29. The number of hydrogen-bond acceptors (Lipinski definition) is 5. The zero-order valence-corrected chi connectivity index (χ0v) is 15.1. The summed E-state index contributed by atoms with van der Waals surface area (Å²) in [5.74, 6) is 1.66. The van der Waals surface area contributed by atoms with Crippen LogP contribution in [0.25, 0.3) is 17.0 Å². The molecule has 3 aromatic heterocycles. The monoisotopic (exact) mass is 363 g/mol. The molecule has 0 bridgehead atoms. The first-order valence-corrected chi connectivity index (χ1v) is 9.43. The highest BCUT2D eigenvalue weighted by atomic mass is 32.1. The van der Waals surface area contributed by atoms with E-state index in [9.17, 15) is 0 Å². The van der Waals surface area contributed by atoms with E-state index in [1.54, 1.807) is 11.3 Å². The largest absolute Gasteiger partial charge is 0.454 e. The van der Waals surface area contributed by atoms with Gasteiger partial charge in [0.15, 0.2) is 11.5 Å². The predicted molar refractivity (Wildman–Crippen MR) is 101 cm³/mol. The minimum absolute atomic E-state index is 0.312. The van der Waals surface area contributed by atoms with Crippen molar-refractivity contribution in [3.05, 3.63) is 64.2 Å². The van der Waals surface area contributed by atoms with E-state index in [-0.39, 0.29) is 0 Å². The fourth-order valence-corrected chi connectivity index (χ4v) is 4.03. The van der Waals surface area contributed by atoms with Crippen LogP contribution < -0.4 is 9.47 Å². The van der Waals surface area contributed by atoms with Crippen LogP contribution in [0.2, 0.25) is 0 Å². The first-order chi connectivity index (χ1) is 12.8. The number of imidazole rings is 1. The quantitative estimate of drug-likeness (QED) is 0.543. The molecule has 0 amide bonds. The molecule has 0 radical (unpaired) electrons. The first-order valence-electron chi connectivity index (χ1n) is 8.55. The average Bonchev–Trinajstić information content (AvgIpc) is 3.38. The smallest absolute Gasteiger partial charge is 0.231 e. The van der Waals surface area contributed by atoms with E-state index in [1.165, 1.54) is 5.56 Å². The van der Waals surface area contributed by atoms with Gasteiger partial charge in [0.2, 0.25) is 6.79 Å². The van der Waals surface area contributed by atoms with Gasteiger partial charge in [-0.2, -0.15) is 0 Å². The summed E-state index contributed by atoms with van der Waals surface area (Å²) in [5.41, 5.74) is 5.22. The topological polar surface area (TPSA) is 48.7 Å². The number of thiazole rings is 1. The molecule has 0 spiro atoms. The zero-order valence-electron chi connectivity index (χ0n) is 14.3. The molecule has 0 unspecified atom stereocenters. The number of hydrogen-bond donors (Lipinski definition) is 0. The van der Waals surface area contributed by atoms with Gasteiger partial charge in [-0.05, 0) is 43.2 Å². The summed E-state index contributed by atoms with van der Waals surface area (Å²) in [6.45, 7) is 2.40. The summed E-state index contributed by atoms with van der Waals surface area (Å²) < 4.78 is 12.9. The minimum Gasteiger partial charge on any atom is -0.454 e. The number of nitrogens with zero attached hydrogens (tertiary/aromatic N) is 3. The van der Waals surface area contributed by atoms with E-state index < -0.39 is 0 Å². The van der Waals surface area contributed by atoms with Crippen molar-refractivity contribution in [2.24, 2.45) is 0 Å². The third kappa shape index (κ3) is 2.63. The number of aromatic nitrogens is 3. The molecule has 5 rings (SSSR count). The lowest BCUT2D eigenvalue weighted by Crippen LogP contribution is -1.93. The maximum atomic E-state index is 5.45. The van der Waals surface area contributed by atoms with Gasteiger partial charge in [0, 0.05) is 23.7 Å². The fourth-order valence-electron chi connectivity index (χ4n) is 3.24. The van der Waals surface area contributed by atoms with Crippen LogP contribution in [-0.4, -0.2) is 21.2 Å². The molecule has 0 atom stereocenters. The third-order valence-corrected chi connectivity index (χ3v) is 5.54. The van der Waals surface area contributed by atoms with Gasteiger partial charge in [0.1, 0.15) is 17.0 Å². The lowest BCUT2D eigenvalue weighted by molar-refractivity contribution is 0.174. The minimum atomic E-state index is 0.312. The van der Waals surface area contributed by atoms with Crippen LogP contribution >= 0.6 is 11.3 Å². The van der Waals surface area contributed by atoms with Crippen molar-refractivity contribution >= 4 is 17.0 Å². The molecule has 26 heavy (non-hydrogen) atoms. The molecule has 0 saturated carbocycles. The van der Waals surface area contributed by atoms with Gasteiger partial charge in [-0.15, -0.1) is 11.3 Å². The number of ether oxygens (including phenoxy) is 2. The molecular formula is C20H17N3O2S. The van der Waals surface area contributed by atoms with Gasteiger partial charge in [-0.1, -0.05) is 12.1 Å². The second kappa shape index (κ2) is 6.14. The Morgan fingerprint density at radius 1 is 1.08 bits per heavy atom. The van der Waals surface area contributed by atoms with Crippen LogP contribution in [0.3, 0.4) is 0 Å². The van der Waals surface area contributed by atoms with Gasteiger partial charge in [-0.3, -0.25) is 0 Å². The van der Waals surface area contributed by atoms with Crippen molar-refractivity contribution in [3.63, 3.8) is 0 Å². The molecule has 0 saturated heterocycles. The Kier molecular flexibility index (Phi) is 3.64. The lowest BCUT2D eigenvalue weighted by atomic mass is 10.1. The van der Waals surface area contributed by atoms with Crippen LogP contribution in [0.1, 0.15) is 16.3 Å². The molecule has 6 heteroatoms. The van der Waals surface area contributed by atoms with Crippen LogP contribution in [-0.2, 0) is 12.8 Å². The normalized spacial score (nSPS) is 12.8. The molecule has 0 fully saturated rings. The van der Waals surface area contributed by atoms with E-state index in [2.05, 4.69) is 28.8 Å². The van der Waals surface area contributed by atoms with Gasteiger partial charge in [0.25, 0.3) is 0 Å². The summed E-state index contributed by atoms with van der Waals surface area (Å²) in [4.78, 5) is 9.54. The molecule has 0 N–H and O–H groups in total. The number of pyridine rings is 1. The van der Waals surface area contributed by atoms with Crippen LogP contribution in [0, 0.1) is 6.92 Å². The standard InChI is InChI=1S/C20H17N3O2S/c1-13-20(22-18-4-2-3-9-23(13)18)15-11-26-19(21-15)8-6-14-5-7-16-17(10-14)25-12-24-16/h2-5,7,9-11H,6,8,12H2,1H3. The van der Waals surface area contributed by atoms with Gasteiger partial charge >= 0.3 is 0 Å². The fraction of sp³-hybridized carbons (Fsp3) is 0.200. The Hall–Kier alpha value is -2.86. The van der Waals surface area contributed by atoms with E-state index in [4.69, 9.17) is 19.4 Å². The van der Waals surface area contributed by atoms with Crippen LogP contribution in [0.4, 0.5) is 0 Å². The molecule has 1 aliphatic heterocycles. The van der Waals surface area contributed by atoms with E-state index >= 15 is 0 Å². The molecule has 1 aliphatic rings. The highest BCUT2D eigenvalue weighted by Gasteiger charge is 2.15. The second-order valence-corrected chi connectivity index (χ2v) is 7.23. The van der Waals surface area contributed by atoms with Gasteiger partial charge in [-0.25, -0.2) is 9.97 Å². The Morgan fingerprint density at radius 3 is 2.92 bits per heavy atom. The molecule has 1 aromatic carbocycles. The Morgan fingerprint density at radius 2 is 2.00 bits per heavy atom. The van der Waals surface area contributed by atoms with Crippen molar-refractivity contribution in [2.45, 2.75) is 19.8 Å². The van der Waals surface area contributed by atoms with Crippen molar-refractivity contribution in [3.8, 4) is 22.9 Å². The predicted octanol–water partition coefficient (Wildman–Crippen LogP) is 4.28. The average molecular weight is 363 g/mol. The molecule has 4 aromatic rings. The summed E-state index contributed by atoms with van der Waals surface area (Å²) in [6, 6.07) is 12.2. The maximum Gasteiger partial charge on any atom is 0.231 e. The van der Waals surface area contributed by atoms with E-state index in [1.807, 2.05) is 30.5 Å². The molecule has 130 valence electrons. The first kappa shape index (κ1) is 15.4. The number of rotatable bonds is 4. The number of aryl methyl sites for hydroxylation is 3. The van der Waals surface area contributed by atoms with Crippen LogP contribution in [0.5, 0.6) is 11.5 Å². The third-order valence-electron chi connectivity index (χ3n) is 4.63. The molecule has 4 heterocycles. The lowest BCUT2D eigenvalue weighted by Gasteiger charge is -2.01. The molecule has 0 aliphatic carbocycles. The van der Waals surface area contributed by atoms with Gasteiger partial charge in [0.05, 0.1) is 5.01 Å². The molecule has 5 nitrogen and oxygen atoms in total. The summed E-state index contributed by atoms with van der Waals surface area (Å²) in [6.07, 6.45) is 3.86. The van der Waals surface area contributed by atoms with Crippen molar-refractivity contribution in [1.29, 1.82) is 0 Å². The maximum absolute atomic E-state index is 5.45. The highest BCUT2D eigenvalue weighted by molar-refractivity contribution is 7.09. The number of fused-ring (bicyclic) bond motifs is 2. The van der Waals surface area contributed by atoms with Crippen LogP contribution in [0.15, 0.2) is 48.0 Å². The Labute approximate surface area is 154 Å². The highest BCUT2D eigenvalue weighted by Crippen LogP contribution is 2.33. The van der Waals surface area contributed by atoms with Crippen molar-refractivity contribution in [2.75, 3.05) is 6.79 Å².